The number of aryl methyl sites for hydroxylation is 1. The Hall–Kier alpha value is -1.81. The van der Waals surface area contributed by atoms with Crippen molar-refractivity contribution in [1.82, 2.24) is 0 Å². The Morgan fingerprint density at radius 3 is 2.63 bits per heavy atom. The molecule has 0 bridgehead atoms. The summed E-state index contributed by atoms with van der Waals surface area (Å²) < 4.78 is 13.9. The first-order chi connectivity index (χ1) is 9.09. The summed E-state index contributed by atoms with van der Waals surface area (Å²) >= 11 is 1.50. The van der Waals surface area contributed by atoms with Crippen molar-refractivity contribution in [2.24, 2.45) is 0 Å². The van der Waals surface area contributed by atoms with Crippen molar-refractivity contribution < 1.29 is 14.3 Å². The van der Waals surface area contributed by atoms with E-state index in [1.54, 1.807) is 12.1 Å². The van der Waals surface area contributed by atoms with Gasteiger partial charge in [-0.2, -0.15) is 0 Å². The van der Waals surface area contributed by atoms with Gasteiger partial charge in [0, 0.05) is 10.6 Å². The van der Waals surface area contributed by atoms with Crippen LogP contribution in [-0.2, 0) is 5.75 Å². The molecule has 0 saturated heterocycles. The molecule has 0 aliphatic carbocycles. The SMILES string of the molecule is Cc1ccccc1SCc1cccc(C(=O)O)c1F. The van der Waals surface area contributed by atoms with Crippen LogP contribution in [0.2, 0.25) is 0 Å². The number of benzene rings is 2. The zero-order chi connectivity index (χ0) is 13.8. The van der Waals surface area contributed by atoms with Gasteiger partial charge >= 0.3 is 5.97 Å². The zero-order valence-corrected chi connectivity index (χ0v) is 11.2. The lowest BCUT2D eigenvalue weighted by Crippen LogP contribution is -2.02. The summed E-state index contributed by atoms with van der Waals surface area (Å²) in [7, 11) is 0. The number of thioether (sulfide) groups is 1. The van der Waals surface area contributed by atoms with E-state index in [2.05, 4.69) is 0 Å². The smallest absolute Gasteiger partial charge is 0.338 e. The second-order valence-corrected chi connectivity index (χ2v) is 5.16. The molecule has 2 aromatic rings. The molecule has 0 spiro atoms. The minimum absolute atomic E-state index is 0.275. The van der Waals surface area contributed by atoms with Crippen molar-refractivity contribution in [2.75, 3.05) is 0 Å². The summed E-state index contributed by atoms with van der Waals surface area (Å²) in [5, 5.41) is 8.87. The van der Waals surface area contributed by atoms with Gasteiger partial charge in [-0.25, -0.2) is 9.18 Å². The number of carboxylic acid groups (broad SMARTS) is 1. The molecule has 0 atom stereocenters. The predicted molar refractivity (Wildman–Crippen MR) is 74.1 cm³/mol. The van der Waals surface area contributed by atoms with Crippen LogP contribution in [0.25, 0.3) is 0 Å². The summed E-state index contributed by atoms with van der Waals surface area (Å²) in [5.74, 6) is -1.46. The third kappa shape index (κ3) is 3.15. The summed E-state index contributed by atoms with van der Waals surface area (Å²) in [4.78, 5) is 11.9. The second kappa shape index (κ2) is 5.89. The van der Waals surface area contributed by atoms with Crippen LogP contribution in [0, 0.1) is 12.7 Å². The third-order valence-electron chi connectivity index (χ3n) is 2.79. The molecule has 98 valence electrons. The maximum absolute atomic E-state index is 13.9. The highest BCUT2D eigenvalue weighted by Crippen LogP contribution is 2.27. The molecule has 0 aliphatic heterocycles. The lowest BCUT2D eigenvalue weighted by molar-refractivity contribution is 0.0691. The Balaban J connectivity index is 2.19. The number of carbonyl (C=O) groups is 1. The van der Waals surface area contributed by atoms with Gasteiger partial charge in [0.15, 0.2) is 0 Å². The number of carboxylic acids is 1. The normalized spacial score (nSPS) is 10.4. The minimum atomic E-state index is -1.24. The second-order valence-electron chi connectivity index (χ2n) is 4.14. The van der Waals surface area contributed by atoms with E-state index >= 15 is 0 Å². The van der Waals surface area contributed by atoms with E-state index in [1.165, 1.54) is 17.8 Å². The van der Waals surface area contributed by atoms with E-state index < -0.39 is 11.8 Å². The number of hydrogen-bond acceptors (Lipinski definition) is 2. The van der Waals surface area contributed by atoms with Gasteiger partial charge in [0.1, 0.15) is 5.82 Å². The van der Waals surface area contributed by atoms with Crippen LogP contribution in [0.4, 0.5) is 4.39 Å². The molecule has 19 heavy (non-hydrogen) atoms. The summed E-state index contributed by atoms with van der Waals surface area (Å²) in [6, 6.07) is 12.3. The first-order valence-electron chi connectivity index (χ1n) is 5.78. The molecule has 0 radical (unpaired) electrons. The first kappa shape index (κ1) is 13.6. The van der Waals surface area contributed by atoms with Crippen LogP contribution in [0.1, 0.15) is 21.5 Å². The van der Waals surface area contributed by atoms with Crippen LogP contribution in [-0.4, -0.2) is 11.1 Å². The number of hydrogen-bond donors (Lipinski definition) is 1. The molecule has 0 heterocycles. The molecule has 2 aromatic carbocycles. The minimum Gasteiger partial charge on any atom is -0.478 e. The zero-order valence-electron chi connectivity index (χ0n) is 10.4. The lowest BCUT2D eigenvalue weighted by atomic mass is 10.1. The van der Waals surface area contributed by atoms with Crippen molar-refractivity contribution in [2.45, 2.75) is 17.6 Å². The Morgan fingerprint density at radius 1 is 1.21 bits per heavy atom. The van der Waals surface area contributed by atoms with Crippen LogP contribution in [0.3, 0.4) is 0 Å². The van der Waals surface area contributed by atoms with Gasteiger partial charge in [-0.15, -0.1) is 11.8 Å². The summed E-state index contributed by atoms with van der Waals surface area (Å²) in [6.07, 6.45) is 0. The molecule has 1 N–H and O–H groups in total. The molecule has 2 rings (SSSR count). The average molecular weight is 276 g/mol. The fourth-order valence-electron chi connectivity index (χ4n) is 1.73. The number of aromatic carboxylic acids is 1. The highest BCUT2D eigenvalue weighted by Gasteiger charge is 2.13. The predicted octanol–water partition coefficient (Wildman–Crippen LogP) is 4.12. The van der Waals surface area contributed by atoms with E-state index in [1.807, 2.05) is 31.2 Å². The maximum Gasteiger partial charge on any atom is 0.338 e. The van der Waals surface area contributed by atoms with Gasteiger partial charge in [0.2, 0.25) is 0 Å². The Labute approximate surface area is 115 Å². The van der Waals surface area contributed by atoms with Crippen molar-refractivity contribution in [3.63, 3.8) is 0 Å². The van der Waals surface area contributed by atoms with Gasteiger partial charge in [0.25, 0.3) is 0 Å². The largest absolute Gasteiger partial charge is 0.478 e. The topological polar surface area (TPSA) is 37.3 Å². The van der Waals surface area contributed by atoms with Crippen molar-refractivity contribution in [1.29, 1.82) is 0 Å². The van der Waals surface area contributed by atoms with Crippen molar-refractivity contribution >= 4 is 17.7 Å². The molecule has 2 nitrogen and oxygen atoms in total. The van der Waals surface area contributed by atoms with Crippen molar-refractivity contribution in [3.8, 4) is 0 Å². The quantitative estimate of drug-likeness (QED) is 0.853. The third-order valence-corrected chi connectivity index (χ3v) is 4.01. The van der Waals surface area contributed by atoms with Crippen LogP contribution < -0.4 is 0 Å². The Kier molecular flexibility index (Phi) is 4.22. The molecule has 0 unspecified atom stereocenters. The molecule has 0 aliphatic rings. The highest BCUT2D eigenvalue weighted by molar-refractivity contribution is 7.98. The fraction of sp³-hybridized carbons (Fsp3) is 0.133. The molecular formula is C15H13FO2S. The van der Waals surface area contributed by atoms with Gasteiger partial charge in [0.05, 0.1) is 5.56 Å². The van der Waals surface area contributed by atoms with Crippen LogP contribution in [0.5, 0.6) is 0 Å². The lowest BCUT2D eigenvalue weighted by Gasteiger charge is -2.07. The average Bonchev–Trinajstić information content (AvgIpc) is 2.39. The van der Waals surface area contributed by atoms with Gasteiger partial charge in [-0.05, 0) is 30.2 Å². The van der Waals surface area contributed by atoms with Gasteiger partial charge < -0.3 is 5.11 Å². The van der Waals surface area contributed by atoms with E-state index in [-0.39, 0.29) is 5.56 Å². The van der Waals surface area contributed by atoms with Crippen LogP contribution in [0.15, 0.2) is 47.4 Å². The standard InChI is InChI=1S/C15H13FO2S/c1-10-5-2-3-8-13(10)19-9-11-6-4-7-12(14(11)16)15(17)18/h2-8H,9H2,1H3,(H,17,18). The van der Waals surface area contributed by atoms with E-state index in [0.717, 1.165) is 10.5 Å². The summed E-state index contributed by atoms with van der Waals surface area (Å²) in [5.41, 5.74) is 1.26. The van der Waals surface area contributed by atoms with Gasteiger partial charge in [-0.3, -0.25) is 0 Å². The molecule has 0 saturated carbocycles. The fourth-order valence-corrected chi connectivity index (χ4v) is 2.73. The van der Waals surface area contributed by atoms with E-state index in [9.17, 15) is 9.18 Å². The molecule has 0 fully saturated rings. The molecular weight excluding hydrogens is 263 g/mol. The van der Waals surface area contributed by atoms with Gasteiger partial charge in [-0.1, -0.05) is 30.3 Å². The maximum atomic E-state index is 13.9. The molecule has 0 aromatic heterocycles. The van der Waals surface area contributed by atoms with E-state index in [0.29, 0.717) is 11.3 Å². The molecule has 4 heteroatoms. The van der Waals surface area contributed by atoms with Crippen LogP contribution >= 0.6 is 11.8 Å². The Bertz CT molecular complexity index is 611. The molecule has 0 amide bonds. The number of rotatable bonds is 4. The van der Waals surface area contributed by atoms with Crippen molar-refractivity contribution in [3.05, 3.63) is 65.0 Å². The highest BCUT2D eigenvalue weighted by atomic mass is 32.2. The summed E-state index contributed by atoms with van der Waals surface area (Å²) in [6.45, 7) is 1.99. The monoisotopic (exact) mass is 276 g/mol. The number of halogens is 1. The Morgan fingerprint density at radius 2 is 1.95 bits per heavy atom. The van der Waals surface area contributed by atoms with E-state index in [4.69, 9.17) is 5.11 Å². The first-order valence-corrected chi connectivity index (χ1v) is 6.77.